The van der Waals surface area contributed by atoms with Crippen molar-refractivity contribution in [3.8, 4) is 0 Å². The molecule has 2 saturated carbocycles. The van der Waals surface area contributed by atoms with Gasteiger partial charge in [0.05, 0.1) is 0 Å². The molecule has 7 heteroatoms. The van der Waals surface area contributed by atoms with E-state index in [9.17, 15) is 14.4 Å². The molecule has 0 aromatic rings. The van der Waals surface area contributed by atoms with E-state index in [4.69, 9.17) is 0 Å². The third-order valence-corrected chi connectivity index (χ3v) is 6.23. The first kappa shape index (κ1) is 16.8. The molecule has 1 atom stereocenters. The fourth-order valence-electron chi connectivity index (χ4n) is 4.56. The zero-order valence-corrected chi connectivity index (χ0v) is 14.8. The van der Waals surface area contributed by atoms with Crippen molar-refractivity contribution in [2.45, 2.75) is 62.9 Å². The molecular weight excluding hydrogens is 320 g/mol. The van der Waals surface area contributed by atoms with E-state index in [1.807, 2.05) is 0 Å². The van der Waals surface area contributed by atoms with E-state index < -0.39 is 5.54 Å². The van der Waals surface area contributed by atoms with Crippen LogP contribution in [0.25, 0.3) is 0 Å². The summed E-state index contributed by atoms with van der Waals surface area (Å²) in [4.78, 5) is 40.5. The molecule has 2 heterocycles. The van der Waals surface area contributed by atoms with E-state index in [1.54, 1.807) is 0 Å². The summed E-state index contributed by atoms with van der Waals surface area (Å²) in [6.45, 7) is 3.11. The fourth-order valence-corrected chi connectivity index (χ4v) is 4.56. The van der Waals surface area contributed by atoms with Gasteiger partial charge in [-0.1, -0.05) is 12.8 Å². The summed E-state index contributed by atoms with van der Waals surface area (Å²) in [7, 11) is 0. The molecule has 0 aromatic carbocycles. The maximum atomic E-state index is 12.5. The van der Waals surface area contributed by atoms with Crippen LogP contribution in [0.5, 0.6) is 0 Å². The summed E-state index contributed by atoms with van der Waals surface area (Å²) >= 11 is 0. The minimum absolute atomic E-state index is 0.0714. The normalized spacial score (nSPS) is 28.8. The Morgan fingerprint density at radius 1 is 1.20 bits per heavy atom. The second kappa shape index (κ2) is 6.59. The van der Waals surface area contributed by atoms with E-state index in [0.29, 0.717) is 12.5 Å². The zero-order valence-electron chi connectivity index (χ0n) is 14.8. The van der Waals surface area contributed by atoms with Gasteiger partial charge in [-0.05, 0) is 44.6 Å². The topological polar surface area (TPSA) is 81.8 Å². The molecule has 0 aromatic heterocycles. The van der Waals surface area contributed by atoms with Crippen molar-refractivity contribution in [2.75, 3.05) is 26.2 Å². The van der Waals surface area contributed by atoms with Crippen LogP contribution in [0.15, 0.2) is 0 Å². The molecule has 2 N–H and O–H groups in total. The van der Waals surface area contributed by atoms with Gasteiger partial charge in [-0.15, -0.1) is 0 Å². The number of nitrogens with zero attached hydrogens (tertiary/aromatic N) is 2. The van der Waals surface area contributed by atoms with Crippen LogP contribution in [0.3, 0.4) is 0 Å². The standard InChI is InChI=1S/C18H28N4O3/c23-15(19-11-13-5-9-21(12-13)14-3-4-14)6-10-22-16(24)18(20-17(22)25)7-1-2-8-18/h13-14H,1-12H2,(H,19,23)(H,20,25). The van der Waals surface area contributed by atoms with Gasteiger partial charge in [-0.2, -0.15) is 0 Å². The first-order valence-corrected chi connectivity index (χ1v) is 9.72. The van der Waals surface area contributed by atoms with Crippen LogP contribution in [0.4, 0.5) is 4.79 Å². The highest BCUT2D eigenvalue weighted by molar-refractivity contribution is 6.07. The lowest BCUT2D eigenvalue weighted by molar-refractivity contribution is -0.131. The first-order valence-electron chi connectivity index (χ1n) is 9.72. The lowest BCUT2D eigenvalue weighted by atomic mass is 9.98. The number of likely N-dealkylation sites (tertiary alicyclic amines) is 1. The second-order valence-corrected chi connectivity index (χ2v) is 8.11. The molecule has 1 unspecified atom stereocenters. The Morgan fingerprint density at radius 2 is 1.96 bits per heavy atom. The summed E-state index contributed by atoms with van der Waals surface area (Å²) in [6.07, 6.45) is 7.37. The van der Waals surface area contributed by atoms with E-state index in [-0.39, 0.29) is 30.8 Å². The van der Waals surface area contributed by atoms with Crippen molar-refractivity contribution in [2.24, 2.45) is 5.92 Å². The Hall–Kier alpha value is -1.63. The van der Waals surface area contributed by atoms with E-state index in [1.165, 1.54) is 17.7 Å². The van der Waals surface area contributed by atoms with Crippen molar-refractivity contribution in [3.63, 3.8) is 0 Å². The van der Waals surface area contributed by atoms with Gasteiger partial charge in [0.1, 0.15) is 5.54 Å². The molecule has 7 nitrogen and oxygen atoms in total. The van der Waals surface area contributed by atoms with Crippen molar-refractivity contribution in [1.29, 1.82) is 0 Å². The van der Waals surface area contributed by atoms with Gasteiger partial charge in [0, 0.05) is 32.1 Å². The number of imide groups is 1. The maximum absolute atomic E-state index is 12.5. The predicted octanol–water partition coefficient (Wildman–Crippen LogP) is 0.842. The maximum Gasteiger partial charge on any atom is 0.325 e. The van der Waals surface area contributed by atoms with Gasteiger partial charge in [0.25, 0.3) is 5.91 Å². The smallest absolute Gasteiger partial charge is 0.325 e. The summed E-state index contributed by atoms with van der Waals surface area (Å²) in [5, 5.41) is 5.83. The van der Waals surface area contributed by atoms with Gasteiger partial charge in [-0.25, -0.2) is 4.79 Å². The number of nitrogens with one attached hydrogen (secondary N) is 2. The van der Waals surface area contributed by atoms with Crippen LogP contribution in [0, 0.1) is 5.92 Å². The molecule has 4 amide bonds. The molecule has 2 aliphatic carbocycles. The molecule has 4 aliphatic rings. The Morgan fingerprint density at radius 3 is 2.68 bits per heavy atom. The van der Waals surface area contributed by atoms with Gasteiger partial charge in [0.2, 0.25) is 5.91 Å². The third-order valence-electron chi connectivity index (χ3n) is 6.23. The Bertz CT molecular complexity index is 569. The van der Waals surface area contributed by atoms with Gasteiger partial charge in [0.15, 0.2) is 0 Å². The van der Waals surface area contributed by atoms with Crippen LogP contribution in [0.2, 0.25) is 0 Å². The first-order chi connectivity index (χ1) is 12.1. The number of hydrogen-bond donors (Lipinski definition) is 2. The highest BCUT2D eigenvalue weighted by Crippen LogP contribution is 2.35. The molecule has 25 heavy (non-hydrogen) atoms. The average molecular weight is 348 g/mol. The fraction of sp³-hybridized carbons (Fsp3) is 0.833. The second-order valence-electron chi connectivity index (χ2n) is 8.11. The summed E-state index contributed by atoms with van der Waals surface area (Å²) in [6, 6.07) is 0.457. The van der Waals surface area contributed by atoms with E-state index in [2.05, 4.69) is 15.5 Å². The van der Waals surface area contributed by atoms with Gasteiger partial charge < -0.3 is 15.5 Å². The minimum atomic E-state index is -0.677. The van der Waals surface area contributed by atoms with Crippen LogP contribution < -0.4 is 10.6 Å². The van der Waals surface area contributed by atoms with E-state index in [0.717, 1.165) is 51.2 Å². The molecule has 138 valence electrons. The summed E-state index contributed by atoms with van der Waals surface area (Å²) < 4.78 is 0. The average Bonchev–Trinajstić information content (AvgIpc) is 3.06. The number of rotatable bonds is 6. The predicted molar refractivity (Wildman–Crippen MR) is 91.8 cm³/mol. The molecule has 2 saturated heterocycles. The molecule has 1 spiro atoms. The Labute approximate surface area is 148 Å². The summed E-state index contributed by atoms with van der Waals surface area (Å²) in [5.41, 5.74) is -0.677. The lowest BCUT2D eigenvalue weighted by Crippen LogP contribution is -2.44. The number of hydrogen-bond acceptors (Lipinski definition) is 4. The van der Waals surface area contributed by atoms with Crippen molar-refractivity contribution in [1.82, 2.24) is 20.4 Å². The van der Waals surface area contributed by atoms with Crippen molar-refractivity contribution in [3.05, 3.63) is 0 Å². The third kappa shape index (κ3) is 3.38. The highest BCUT2D eigenvalue weighted by Gasteiger charge is 2.52. The number of carbonyl (C=O) groups is 3. The van der Waals surface area contributed by atoms with Crippen LogP contribution in [-0.2, 0) is 9.59 Å². The molecule has 2 aliphatic heterocycles. The molecule has 0 bridgehead atoms. The monoisotopic (exact) mass is 348 g/mol. The van der Waals surface area contributed by atoms with Crippen LogP contribution >= 0.6 is 0 Å². The molecule has 4 fully saturated rings. The molecule has 0 radical (unpaired) electrons. The Balaban J connectivity index is 1.20. The largest absolute Gasteiger partial charge is 0.356 e. The van der Waals surface area contributed by atoms with Crippen molar-refractivity contribution >= 4 is 17.8 Å². The van der Waals surface area contributed by atoms with Crippen LogP contribution in [0.1, 0.15) is 51.4 Å². The zero-order chi connectivity index (χ0) is 17.4. The molecule has 4 rings (SSSR count). The van der Waals surface area contributed by atoms with Gasteiger partial charge in [-0.3, -0.25) is 14.5 Å². The number of carbonyl (C=O) groups excluding carboxylic acids is 3. The van der Waals surface area contributed by atoms with E-state index >= 15 is 0 Å². The lowest BCUT2D eigenvalue weighted by Gasteiger charge is -2.20. The molecular formula is C18H28N4O3. The number of urea groups is 1. The Kier molecular flexibility index (Phi) is 4.43. The van der Waals surface area contributed by atoms with Gasteiger partial charge >= 0.3 is 6.03 Å². The van der Waals surface area contributed by atoms with Crippen LogP contribution in [-0.4, -0.2) is 65.4 Å². The minimum Gasteiger partial charge on any atom is -0.356 e. The number of amides is 4. The summed E-state index contributed by atoms with van der Waals surface area (Å²) in [5.74, 6) is 0.319. The SMILES string of the molecule is O=C(CCN1C(=O)NC2(CCCC2)C1=O)NCC1CCN(C2CC2)C1. The van der Waals surface area contributed by atoms with Crippen molar-refractivity contribution < 1.29 is 14.4 Å². The highest BCUT2D eigenvalue weighted by atomic mass is 16.2. The quantitative estimate of drug-likeness (QED) is 0.697.